The number of hydrogen-bond acceptors (Lipinski definition) is 3. The van der Waals surface area contributed by atoms with Crippen LogP contribution in [0.4, 0.5) is 18.9 Å². The number of anilines is 1. The Hall–Kier alpha value is -2.61. The molecule has 0 spiro atoms. The van der Waals surface area contributed by atoms with Crippen LogP contribution < -0.4 is 5.32 Å². The largest absolute Gasteiger partial charge is 0.422 e. The normalized spacial score (nSPS) is 14.5. The van der Waals surface area contributed by atoms with Crippen molar-refractivity contribution in [2.45, 2.75) is 24.6 Å². The lowest BCUT2D eigenvalue weighted by Gasteiger charge is -2.37. The van der Waals surface area contributed by atoms with Gasteiger partial charge in [-0.15, -0.1) is 0 Å². The number of amides is 1. The van der Waals surface area contributed by atoms with Crippen molar-refractivity contribution in [3.05, 3.63) is 93.7 Å². The van der Waals surface area contributed by atoms with Gasteiger partial charge in [-0.3, -0.25) is 4.79 Å². The van der Waals surface area contributed by atoms with E-state index >= 15 is 0 Å². The number of aromatic nitrogens is 1. The van der Waals surface area contributed by atoms with E-state index in [1.807, 2.05) is 0 Å². The van der Waals surface area contributed by atoms with Gasteiger partial charge in [0.05, 0.1) is 0 Å². The van der Waals surface area contributed by atoms with Crippen LogP contribution in [-0.2, 0) is 5.60 Å². The van der Waals surface area contributed by atoms with Gasteiger partial charge in [0.15, 0.2) is 5.60 Å². The molecule has 4 nitrogen and oxygen atoms in total. The maximum absolute atomic E-state index is 14.0. The first kappa shape index (κ1) is 23.1. The Bertz CT molecular complexity index is 1090. The molecule has 0 aliphatic carbocycles. The minimum atomic E-state index is -5.03. The molecule has 1 heterocycles. The van der Waals surface area contributed by atoms with Gasteiger partial charge in [0.25, 0.3) is 5.91 Å². The number of benzene rings is 2. The summed E-state index contributed by atoms with van der Waals surface area (Å²) < 4.78 is 42.0. The second-order valence-corrected chi connectivity index (χ2v) is 7.70. The van der Waals surface area contributed by atoms with Crippen LogP contribution in [0.15, 0.2) is 66.9 Å². The van der Waals surface area contributed by atoms with Gasteiger partial charge in [0.1, 0.15) is 5.15 Å². The van der Waals surface area contributed by atoms with Gasteiger partial charge >= 0.3 is 6.18 Å². The topological polar surface area (TPSA) is 62.2 Å². The molecule has 2 aromatic carbocycles. The number of carbonyl (C=O) groups excluding carboxylic acids is 1. The van der Waals surface area contributed by atoms with Crippen LogP contribution in [0.5, 0.6) is 0 Å². The second kappa shape index (κ2) is 8.86. The second-order valence-electron chi connectivity index (χ2n) is 6.91. The highest BCUT2D eigenvalue weighted by Gasteiger charge is 2.59. The van der Waals surface area contributed by atoms with Crippen molar-refractivity contribution < 1.29 is 23.1 Å². The van der Waals surface area contributed by atoms with E-state index in [0.717, 1.165) is 18.3 Å². The van der Waals surface area contributed by atoms with E-state index in [9.17, 15) is 23.1 Å². The molecule has 2 N–H and O–H groups in total. The highest BCUT2D eigenvalue weighted by molar-refractivity contribution is 6.31. The van der Waals surface area contributed by atoms with Gasteiger partial charge in [0, 0.05) is 28.4 Å². The quantitative estimate of drug-likeness (QED) is 0.438. The Balaban J connectivity index is 1.94. The van der Waals surface area contributed by atoms with Gasteiger partial charge in [-0.05, 0) is 47.5 Å². The third-order valence-corrected chi connectivity index (χ3v) is 5.52. The van der Waals surface area contributed by atoms with Crippen molar-refractivity contribution in [2.75, 3.05) is 5.32 Å². The first-order valence-electron chi connectivity index (χ1n) is 9.11. The third-order valence-electron chi connectivity index (χ3n) is 4.99. The molecule has 2 atom stereocenters. The molecule has 0 radical (unpaired) electrons. The summed E-state index contributed by atoms with van der Waals surface area (Å²) in [5.74, 6) is -1.88. The summed E-state index contributed by atoms with van der Waals surface area (Å²) >= 11 is 12.0. The van der Waals surface area contributed by atoms with Gasteiger partial charge in [-0.2, -0.15) is 13.2 Å². The summed E-state index contributed by atoms with van der Waals surface area (Å²) in [6.07, 6.45) is -3.94. The third kappa shape index (κ3) is 4.69. The fraction of sp³-hybridized carbons (Fsp3) is 0.182. The van der Waals surface area contributed by atoms with Crippen molar-refractivity contribution in [2.24, 2.45) is 0 Å². The lowest BCUT2D eigenvalue weighted by molar-refractivity contribution is -0.274. The molecule has 0 aliphatic heterocycles. The SMILES string of the molecule is CC(c1ccc(NC(=O)c2ccccc2)cc1Cl)C(O)(c1ccnc(Cl)c1)C(F)(F)F. The Morgan fingerprint density at radius 2 is 1.74 bits per heavy atom. The first-order chi connectivity index (χ1) is 14.5. The number of alkyl halides is 3. The van der Waals surface area contributed by atoms with Crippen LogP contribution >= 0.6 is 23.2 Å². The van der Waals surface area contributed by atoms with Gasteiger partial charge in [0.2, 0.25) is 0 Å². The summed E-state index contributed by atoms with van der Waals surface area (Å²) in [7, 11) is 0. The van der Waals surface area contributed by atoms with Gasteiger partial charge < -0.3 is 10.4 Å². The molecule has 3 aromatic rings. The molecule has 0 saturated carbocycles. The Kier molecular flexibility index (Phi) is 6.59. The van der Waals surface area contributed by atoms with Crippen molar-refractivity contribution in [1.29, 1.82) is 0 Å². The van der Waals surface area contributed by atoms with Gasteiger partial charge in [-0.25, -0.2) is 4.98 Å². The molecule has 0 saturated heterocycles. The molecule has 0 bridgehead atoms. The standard InChI is InChI=1S/C22H17Cl2F3N2O2/c1-13(21(31,22(25,26)27)15-9-10-28-19(24)11-15)17-8-7-16(12-18(17)23)29-20(30)14-5-3-2-4-6-14/h2-13,31H,1H3,(H,29,30). The van der Waals surface area contributed by atoms with Gasteiger partial charge in [-0.1, -0.05) is 54.4 Å². The monoisotopic (exact) mass is 468 g/mol. The number of rotatable bonds is 5. The van der Waals surface area contributed by atoms with E-state index in [-0.39, 0.29) is 15.7 Å². The number of pyridine rings is 1. The molecule has 0 fully saturated rings. The lowest BCUT2D eigenvalue weighted by atomic mass is 9.78. The van der Waals surface area contributed by atoms with Crippen molar-refractivity contribution in [3.63, 3.8) is 0 Å². The molecule has 31 heavy (non-hydrogen) atoms. The average Bonchev–Trinajstić information content (AvgIpc) is 2.72. The van der Waals surface area contributed by atoms with E-state index in [1.165, 1.54) is 25.1 Å². The van der Waals surface area contributed by atoms with Crippen molar-refractivity contribution in [1.82, 2.24) is 4.98 Å². The maximum Gasteiger partial charge on any atom is 0.422 e. The highest BCUT2D eigenvalue weighted by Crippen LogP contribution is 2.50. The fourth-order valence-electron chi connectivity index (χ4n) is 3.27. The average molecular weight is 469 g/mol. The molecule has 1 aromatic heterocycles. The number of halogens is 5. The Morgan fingerprint density at radius 1 is 1.06 bits per heavy atom. The first-order valence-corrected chi connectivity index (χ1v) is 9.86. The zero-order valence-electron chi connectivity index (χ0n) is 16.1. The number of carbonyl (C=O) groups is 1. The highest BCUT2D eigenvalue weighted by atomic mass is 35.5. The van der Waals surface area contributed by atoms with Crippen LogP contribution in [0.2, 0.25) is 10.2 Å². The van der Waals surface area contributed by atoms with Crippen LogP contribution in [0.1, 0.15) is 34.3 Å². The molecule has 162 valence electrons. The molecule has 0 aliphatic rings. The van der Waals surface area contributed by atoms with Crippen molar-refractivity contribution >= 4 is 34.8 Å². The summed E-state index contributed by atoms with van der Waals surface area (Å²) in [6.45, 7) is 1.21. The van der Waals surface area contributed by atoms with Crippen LogP contribution in [0, 0.1) is 0 Å². The minimum Gasteiger partial charge on any atom is -0.376 e. The smallest absolute Gasteiger partial charge is 0.376 e. The summed E-state index contributed by atoms with van der Waals surface area (Å²) in [6, 6.07) is 14.5. The molecular weight excluding hydrogens is 452 g/mol. The fourth-order valence-corrected chi connectivity index (χ4v) is 3.79. The molecule has 9 heteroatoms. The van der Waals surface area contributed by atoms with E-state index in [1.54, 1.807) is 30.3 Å². The molecule has 3 rings (SSSR count). The lowest BCUT2D eigenvalue weighted by Crippen LogP contribution is -2.46. The number of nitrogens with one attached hydrogen (secondary N) is 1. The summed E-state index contributed by atoms with van der Waals surface area (Å²) in [5.41, 5.74) is -2.95. The predicted molar refractivity (Wildman–Crippen MR) is 113 cm³/mol. The molecule has 1 amide bonds. The van der Waals surface area contributed by atoms with Crippen molar-refractivity contribution in [3.8, 4) is 0 Å². The van der Waals surface area contributed by atoms with E-state index < -0.39 is 29.2 Å². The van der Waals surface area contributed by atoms with Crippen LogP contribution in [0.25, 0.3) is 0 Å². The maximum atomic E-state index is 14.0. The zero-order valence-corrected chi connectivity index (χ0v) is 17.6. The van der Waals surface area contributed by atoms with Crippen LogP contribution in [-0.4, -0.2) is 22.2 Å². The number of aliphatic hydroxyl groups is 1. The summed E-state index contributed by atoms with van der Waals surface area (Å²) in [4.78, 5) is 16.0. The molecule has 2 unspecified atom stereocenters. The number of hydrogen-bond donors (Lipinski definition) is 2. The minimum absolute atomic E-state index is 0.0406. The number of nitrogens with zero attached hydrogens (tertiary/aromatic N) is 1. The van der Waals surface area contributed by atoms with E-state index in [2.05, 4.69) is 10.3 Å². The zero-order chi connectivity index (χ0) is 22.8. The Morgan fingerprint density at radius 3 is 2.32 bits per heavy atom. The predicted octanol–water partition coefficient (Wildman–Crippen LogP) is 6.19. The molecular formula is C22H17Cl2F3N2O2. The van der Waals surface area contributed by atoms with E-state index in [0.29, 0.717) is 11.3 Å². The van der Waals surface area contributed by atoms with Crippen LogP contribution in [0.3, 0.4) is 0 Å². The van der Waals surface area contributed by atoms with E-state index in [4.69, 9.17) is 23.2 Å². The Labute approximate surface area is 186 Å². The summed E-state index contributed by atoms with van der Waals surface area (Å²) in [5, 5.41) is 13.2.